The Balaban J connectivity index is 1.92. The van der Waals surface area contributed by atoms with Gasteiger partial charge in [0.25, 0.3) is 0 Å². The zero-order valence-electron chi connectivity index (χ0n) is 13.1. The third-order valence-electron chi connectivity index (χ3n) is 4.57. The number of rotatable bonds is 4. The Morgan fingerprint density at radius 1 is 1.29 bits per heavy atom. The number of oxime groups is 1. The van der Waals surface area contributed by atoms with Crippen molar-refractivity contribution in [1.82, 2.24) is 4.90 Å². The van der Waals surface area contributed by atoms with Crippen LogP contribution >= 0.6 is 0 Å². The third kappa shape index (κ3) is 4.46. The zero-order valence-corrected chi connectivity index (χ0v) is 13.1. The van der Waals surface area contributed by atoms with Gasteiger partial charge in [-0.05, 0) is 49.8 Å². The summed E-state index contributed by atoms with van der Waals surface area (Å²) in [5, 5.41) is 11.7. The Morgan fingerprint density at radius 3 is 2.62 bits per heavy atom. The van der Waals surface area contributed by atoms with E-state index < -0.39 is 0 Å². The zero-order chi connectivity index (χ0) is 15.2. The molecule has 4 nitrogen and oxygen atoms in total. The van der Waals surface area contributed by atoms with Crippen molar-refractivity contribution in [3.8, 4) is 0 Å². The second kappa shape index (κ2) is 7.46. The molecule has 0 bridgehead atoms. The minimum Gasteiger partial charge on any atom is -0.409 e. The fraction of sp³-hybridized carbons (Fsp3) is 0.588. The van der Waals surface area contributed by atoms with Gasteiger partial charge in [-0.2, -0.15) is 0 Å². The molecule has 1 atom stereocenters. The van der Waals surface area contributed by atoms with Gasteiger partial charge in [-0.3, -0.25) is 4.90 Å². The molecule has 1 saturated heterocycles. The van der Waals surface area contributed by atoms with Crippen molar-refractivity contribution in [2.75, 3.05) is 13.1 Å². The first-order valence-electron chi connectivity index (χ1n) is 7.89. The fourth-order valence-corrected chi connectivity index (χ4v) is 3.10. The Kier molecular flexibility index (Phi) is 5.62. The molecule has 3 N–H and O–H groups in total. The Labute approximate surface area is 127 Å². The molecule has 0 spiro atoms. The van der Waals surface area contributed by atoms with Gasteiger partial charge < -0.3 is 10.9 Å². The molecule has 1 heterocycles. The molecular formula is C17H27N3O. The molecule has 0 aliphatic carbocycles. The highest BCUT2D eigenvalue weighted by Crippen LogP contribution is 2.25. The summed E-state index contributed by atoms with van der Waals surface area (Å²) < 4.78 is 0. The molecule has 116 valence electrons. The van der Waals surface area contributed by atoms with Crippen LogP contribution in [0.2, 0.25) is 0 Å². The Hall–Kier alpha value is -1.55. The average Bonchev–Trinajstić information content (AvgIpc) is 2.73. The first-order chi connectivity index (χ1) is 10.1. The quantitative estimate of drug-likeness (QED) is 0.387. The number of nitrogens with zero attached hydrogens (tertiary/aromatic N) is 2. The molecule has 1 aliphatic heterocycles. The van der Waals surface area contributed by atoms with E-state index in [4.69, 9.17) is 10.9 Å². The lowest BCUT2D eigenvalue weighted by Crippen LogP contribution is -2.24. The van der Waals surface area contributed by atoms with Crippen molar-refractivity contribution in [2.45, 2.75) is 39.7 Å². The second-order valence-electron chi connectivity index (χ2n) is 6.39. The SMILES string of the molecule is CC(C)C1CCCN(Cc2ccc(C(N)=NO)cc2)CC1. The van der Waals surface area contributed by atoms with Crippen molar-refractivity contribution >= 4 is 5.84 Å². The van der Waals surface area contributed by atoms with E-state index in [2.05, 4.69) is 36.0 Å². The normalized spacial score (nSPS) is 21.5. The van der Waals surface area contributed by atoms with Crippen LogP contribution in [-0.2, 0) is 6.54 Å². The smallest absolute Gasteiger partial charge is 0.170 e. The lowest BCUT2D eigenvalue weighted by atomic mass is 9.89. The lowest BCUT2D eigenvalue weighted by molar-refractivity contribution is 0.265. The maximum Gasteiger partial charge on any atom is 0.170 e. The number of hydrogen-bond acceptors (Lipinski definition) is 3. The van der Waals surface area contributed by atoms with Gasteiger partial charge in [-0.25, -0.2) is 0 Å². The van der Waals surface area contributed by atoms with Crippen LogP contribution in [0.4, 0.5) is 0 Å². The summed E-state index contributed by atoms with van der Waals surface area (Å²) in [5.74, 6) is 1.83. The standard InChI is InChI=1S/C17H27N3O/c1-13(2)15-4-3-10-20(11-9-15)12-14-5-7-16(8-6-14)17(18)19-21/h5-8,13,15,21H,3-4,9-12H2,1-2H3,(H2,18,19). The van der Waals surface area contributed by atoms with E-state index in [0.29, 0.717) is 0 Å². The minimum atomic E-state index is 0.163. The van der Waals surface area contributed by atoms with Gasteiger partial charge >= 0.3 is 0 Å². The molecular weight excluding hydrogens is 262 g/mol. The van der Waals surface area contributed by atoms with Crippen molar-refractivity contribution < 1.29 is 5.21 Å². The van der Waals surface area contributed by atoms with Gasteiger partial charge in [0, 0.05) is 12.1 Å². The molecule has 0 saturated carbocycles. The molecule has 0 radical (unpaired) electrons. The van der Waals surface area contributed by atoms with E-state index in [1.54, 1.807) is 0 Å². The monoisotopic (exact) mass is 289 g/mol. The first-order valence-corrected chi connectivity index (χ1v) is 7.89. The maximum absolute atomic E-state index is 8.67. The van der Waals surface area contributed by atoms with Crippen LogP contribution in [0.5, 0.6) is 0 Å². The van der Waals surface area contributed by atoms with Gasteiger partial charge in [-0.15, -0.1) is 0 Å². The van der Waals surface area contributed by atoms with Crippen LogP contribution in [0.1, 0.15) is 44.2 Å². The van der Waals surface area contributed by atoms with Crippen molar-refractivity contribution in [3.63, 3.8) is 0 Å². The highest BCUT2D eigenvalue weighted by molar-refractivity contribution is 5.96. The minimum absolute atomic E-state index is 0.163. The van der Waals surface area contributed by atoms with Gasteiger partial charge in [0.15, 0.2) is 5.84 Å². The Morgan fingerprint density at radius 2 is 2.00 bits per heavy atom. The summed E-state index contributed by atoms with van der Waals surface area (Å²) >= 11 is 0. The van der Waals surface area contributed by atoms with Crippen LogP contribution in [0.15, 0.2) is 29.4 Å². The number of amidine groups is 1. The molecule has 1 unspecified atom stereocenters. The Bertz CT molecular complexity index is 467. The van der Waals surface area contributed by atoms with Crippen molar-refractivity contribution in [3.05, 3.63) is 35.4 Å². The fourth-order valence-electron chi connectivity index (χ4n) is 3.10. The van der Waals surface area contributed by atoms with Crippen molar-refractivity contribution in [1.29, 1.82) is 0 Å². The van der Waals surface area contributed by atoms with Gasteiger partial charge in [0.05, 0.1) is 0 Å². The summed E-state index contributed by atoms with van der Waals surface area (Å²) in [6.07, 6.45) is 3.96. The van der Waals surface area contributed by atoms with Crippen LogP contribution in [0.25, 0.3) is 0 Å². The van der Waals surface area contributed by atoms with Crippen LogP contribution in [0, 0.1) is 11.8 Å². The maximum atomic E-state index is 8.67. The summed E-state index contributed by atoms with van der Waals surface area (Å²) in [6, 6.07) is 7.97. The summed E-state index contributed by atoms with van der Waals surface area (Å²) in [5.41, 5.74) is 7.63. The second-order valence-corrected chi connectivity index (χ2v) is 6.39. The predicted molar refractivity (Wildman–Crippen MR) is 86.4 cm³/mol. The predicted octanol–water partition coefficient (Wildman–Crippen LogP) is 3.04. The van der Waals surface area contributed by atoms with E-state index in [1.165, 1.54) is 37.9 Å². The van der Waals surface area contributed by atoms with Gasteiger partial charge in [-0.1, -0.05) is 43.3 Å². The molecule has 2 rings (SSSR count). The van der Waals surface area contributed by atoms with Crippen LogP contribution < -0.4 is 5.73 Å². The van der Waals surface area contributed by atoms with Crippen molar-refractivity contribution in [2.24, 2.45) is 22.7 Å². The van der Waals surface area contributed by atoms with Gasteiger partial charge in [0.1, 0.15) is 0 Å². The number of nitrogens with two attached hydrogens (primary N) is 1. The summed E-state index contributed by atoms with van der Waals surface area (Å²) in [6.45, 7) is 8.04. The molecule has 1 aromatic rings. The van der Waals surface area contributed by atoms with E-state index >= 15 is 0 Å². The molecule has 1 aliphatic rings. The largest absolute Gasteiger partial charge is 0.409 e. The number of hydrogen-bond donors (Lipinski definition) is 2. The molecule has 0 aromatic heterocycles. The van der Waals surface area contributed by atoms with E-state index in [-0.39, 0.29) is 5.84 Å². The number of benzene rings is 1. The summed E-state index contributed by atoms with van der Waals surface area (Å²) in [7, 11) is 0. The topological polar surface area (TPSA) is 61.8 Å². The van der Waals surface area contributed by atoms with E-state index in [0.717, 1.165) is 23.9 Å². The molecule has 21 heavy (non-hydrogen) atoms. The molecule has 0 amide bonds. The van der Waals surface area contributed by atoms with Gasteiger partial charge in [0.2, 0.25) is 0 Å². The highest BCUT2D eigenvalue weighted by Gasteiger charge is 2.19. The average molecular weight is 289 g/mol. The summed E-state index contributed by atoms with van der Waals surface area (Å²) in [4.78, 5) is 2.54. The molecule has 1 aromatic carbocycles. The third-order valence-corrected chi connectivity index (χ3v) is 4.57. The van der Waals surface area contributed by atoms with E-state index in [9.17, 15) is 0 Å². The number of likely N-dealkylation sites (tertiary alicyclic amines) is 1. The van der Waals surface area contributed by atoms with Crippen LogP contribution in [0.3, 0.4) is 0 Å². The van der Waals surface area contributed by atoms with E-state index in [1.807, 2.05) is 12.1 Å². The lowest BCUT2D eigenvalue weighted by Gasteiger charge is -2.21. The first kappa shape index (κ1) is 15.8. The molecule has 4 heteroatoms. The molecule has 1 fully saturated rings. The van der Waals surface area contributed by atoms with Crippen LogP contribution in [-0.4, -0.2) is 29.0 Å². The highest BCUT2D eigenvalue weighted by atomic mass is 16.4.